The van der Waals surface area contributed by atoms with Gasteiger partial charge in [0.25, 0.3) is 5.56 Å². The van der Waals surface area contributed by atoms with Gasteiger partial charge in [-0.15, -0.1) is 0 Å². The normalized spacial score (nSPS) is 10.9. The zero-order valence-corrected chi connectivity index (χ0v) is 17.1. The maximum atomic E-state index is 13.2. The number of para-hydroxylation sites is 1. The second-order valence-electron chi connectivity index (χ2n) is 7.30. The summed E-state index contributed by atoms with van der Waals surface area (Å²) in [7, 11) is 0. The monoisotopic (exact) mass is 414 g/mol. The summed E-state index contributed by atoms with van der Waals surface area (Å²) in [5.74, 6) is -0.352. The summed E-state index contributed by atoms with van der Waals surface area (Å²) in [5.41, 5.74) is 2.14. The second kappa shape index (κ2) is 8.79. The Morgan fingerprint density at radius 2 is 1.68 bits per heavy atom. The van der Waals surface area contributed by atoms with Gasteiger partial charge < -0.3 is 5.32 Å². The Bertz CT molecular complexity index is 1360. The molecule has 0 fully saturated rings. The number of carbonyl (C=O) groups excluding carboxylic acids is 1. The summed E-state index contributed by atoms with van der Waals surface area (Å²) >= 11 is 0. The van der Waals surface area contributed by atoms with Crippen molar-refractivity contribution < 1.29 is 4.79 Å². The molecule has 2 aromatic carbocycles. The highest BCUT2D eigenvalue weighted by molar-refractivity contribution is 5.92. The summed E-state index contributed by atoms with van der Waals surface area (Å²) in [5, 5.41) is 2.84. The quantitative estimate of drug-likeness (QED) is 0.526. The standard InChI is InChI=1S/C24H22N4O3/c1-17-8-5-6-11-19(17)26-21(29)16-28-20-12-7-14-25-22(20)23(30)27(24(28)31)15-13-18-9-3-2-4-10-18/h2-12,14H,13,15-16H2,1H3,(H,26,29). The Labute approximate surface area is 178 Å². The lowest BCUT2D eigenvalue weighted by Gasteiger charge is -2.14. The summed E-state index contributed by atoms with van der Waals surface area (Å²) in [4.78, 5) is 43.0. The van der Waals surface area contributed by atoms with Gasteiger partial charge in [-0.1, -0.05) is 48.5 Å². The molecule has 156 valence electrons. The third kappa shape index (κ3) is 4.30. The van der Waals surface area contributed by atoms with Crippen molar-refractivity contribution in [3.63, 3.8) is 0 Å². The number of fused-ring (bicyclic) bond motifs is 1. The number of pyridine rings is 1. The first-order valence-electron chi connectivity index (χ1n) is 10.0. The van der Waals surface area contributed by atoms with Gasteiger partial charge in [0.05, 0.1) is 5.52 Å². The van der Waals surface area contributed by atoms with Crippen LogP contribution in [0.4, 0.5) is 5.69 Å². The molecule has 1 N–H and O–H groups in total. The predicted molar refractivity (Wildman–Crippen MR) is 120 cm³/mol. The number of aryl methyl sites for hydroxylation is 2. The van der Waals surface area contributed by atoms with Gasteiger partial charge >= 0.3 is 5.69 Å². The molecule has 31 heavy (non-hydrogen) atoms. The lowest BCUT2D eigenvalue weighted by molar-refractivity contribution is -0.116. The third-order valence-electron chi connectivity index (χ3n) is 5.17. The highest BCUT2D eigenvalue weighted by Gasteiger charge is 2.16. The average Bonchev–Trinajstić information content (AvgIpc) is 2.79. The van der Waals surface area contributed by atoms with Crippen molar-refractivity contribution in [3.8, 4) is 0 Å². The molecule has 0 aliphatic rings. The van der Waals surface area contributed by atoms with Crippen molar-refractivity contribution in [3.05, 3.63) is 105 Å². The number of anilines is 1. The average molecular weight is 414 g/mol. The molecule has 0 unspecified atom stereocenters. The Hall–Kier alpha value is -4.00. The summed E-state index contributed by atoms with van der Waals surface area (Å²) < 4.78 is 2.46. The van der Waals surface area contributed by atoms with Gasteiger partial charge in [-0.25, -0.2) is 9.78 Å². The largest absolute Gasteiger partial charge is 0.332 e. The van der Waals surface area contributed by atoms with E-state index in [-0.39, 0.29) is 24.5 Å². The Morgan fingerprint density at radius 3 is 2.45 bits per heavy atom. The van der Waals surface area contributed by atoms with E-state index in [4.69, 9.17) is 0 Å². The molecule has 0 aliphatic heterocycles. The Morgan fingerprint density at radius 1 is 0.935 bits per heavy atom. The lowest BCUT2D eigenvalue weighted by Crippen LogP contribution is -2.42. The first kappa shape index (κ1) is 20.3. The van der Waals surface area contributed by atoms with E-state index in [9.17, 15) is 14.4 Å². The summed E-state index contributed by atoms with van der Waals surface area (Å²) in [6.45, 7) is 1.87. The van der Waals surface area contributed by atoms with Crippen LogP contribution in [0.1, 0.15) is 11.1 Å². The molecule has 0 saturated heterocycles. The number of rotatable bonds is 6. The van der Waals surface area contributed by atoms with E-state index in [1.807, 2.05) is 55.5 Å². The molecule has 4 aromatic rings. The minimum Gasteiger partial charge on any atom is -0.324 e. The molecule has 1 amide bonds. The van der Waals surface area contributed by atoms with Crippen molar-refractivity contribution in [2.24, 2.45) is 0 Å². The first-order valence-corrected chi connectivity index (χ1v) is 10.0. The fraction of sp³-hybridized carbons (Fsp3) is 0.167. The number of hydrogen-bond donors (Lipinski definition) is 1. The molecular formula is C24H22N4O3. The van der Waals surface area contributed by atoms with E-state index >= 15 is 0 Å². The van der Waals surface area contributed by atoms with Crippen molar-refractivity contribution in [1.29, 1.82) is 0 Å². The number of carbonyl (C=O) groups is 1. The zero-order valence-electron chi connectivity index (χ0n) is 17.1. The van der Waals surface area contributed by atoms with Crippen LogP contribution in [-0.2, 0) is 24.3 Å². The zero-order chi connectivity index (χ0) is 21.8. The first-order chi connectivity index (χ1) is 15.0. The minimum absolute atomic E-state index is 0.166. The van der Waals surface area contributed by atoms with Crippen molar-refractivity contribution in [1.82, 2.24) is 14.1 Å². The van der Waals surface area contributed by atoms with Crippen LogP contribution in [-0.4, -0.2) is 20.0 Å². The molecule has 0 spiro atoms. The van der Waals surface area contributed by atoms with Crippen LogP contribution in [0.3, 0.4) is 0 Å². The van der Waals surface area contributed by atoms with E-state index in [0.29, 0.717) is 17.6 Å². The smallest absolute Gasteiger partial charge is 0.324 e. The second-order valence-corrected chi connectivity index (χ2v) is 7.30. The molecule has 0 aliphatic carbocycles. The fourth-order valence-corrected chi connectivity index (χ4v) is 3.52. The van der Waals surface area contributed by atoms with Crippen LogP contribution in [0, 0.1) is 6.92 Å². The molecule has 2 aromatic heterocycles. The van der Waals surface area contributed by atoms with Crippen molar-refractivity contribution >= 4 is 22.6 Å². The van der Waals surface area contributed by atoms with Gasteiger partial charge in [-0.2, -0.15) is 0 Å². The number of nitrogens with zero attached hydrogens (tertiary/aromatic N) is 3. The van der Waals surface area contributed by atoms with E-state index in [1.165, 1.54) is 10.8 Å². The Balaban J connectivity index is 1.70. The van der Waals surface area contributed by atoms with Crippen LogP contribution in [0.25, 0.3) is 11.0 Å². The maximum absolute atomic E-state index is 13.2. The predicted octanol–water partition coefficient (Wildman–Crippen LogP) is 2.75. The van der Waals surface area contributed by atoms with Gasteiger partial charge in [-0.3, -0.25) is 18.7 Å². The topological polar surface area (TPSA) is 86.0 Å². The maximum Gasteiger partial charge on any atom is 0.332 e. The fourth-order valence-electron chi connectivity index (χ4n) is 3.52. The molecule has 7 nitrogen and oxygen atoms in total. The highest BCUT2D eigenvalue weighted by atomic mass is 16.2. The number of amides is 1. The van der Waals surface area contributed by atoms with Gasteiger partial charge in [0.1, 0.15) is 6.54 Å². The van der Waals surface area contributed by atoms with E-state index < -0.39 is 11.2 Å². The molecule has 0 radical (unpaired) electrons. The minimum atomic E-state index is -0.527. The molecular weight excluding hydrogens is 392 g/mol. The van der Waals surface area contributed by atoms with Crippen LogP contribution < -0.4 is 16.6 Å². The summed E-state index contributed by atoms with van der Waals surface area (Å²) in [6.07, 6.45) is 2.03. The summed E-state index contributed by atoms with van der Waals surface area (Å²) in [6, 6.07) is 20.3. The van der Waals surface area contributed by atoms with E-state index in [1.54, 1.807) is 18.2 Å². The number of benzene rings is 2. The third-order valence-corrected chi connectivity index (χ3v) is 5.17. The van der Waals surface area contributed by atoms with Crippen LogP contribution in [0.5, 0.6) is 0 Å². The van der Waals surface area contributed by atoms with Crippen LogP contribution in [0.2, 0.25) is 0 Å². The van der Waals surface area contributed by atoms with Crippen molar-refractivity contribution in [2.45, 2.75) is 26.4 Å². The molecule has 0 atom stereocenters. The van der Waals surface area contributed by atoms with Gasteiger partial charge in [-0.05, 0) is 42.7 Å². The van der Waals surface area contributed by atoms with Gasteiger partial charge in [0, 0.05) is 18.4 Å². The Kier molecular flexibility index (Phi) is 5.75. The number of nitrogens with one attached hydrogen (secondary N) is 1. The molecule has 4 rings (SSSR count). The molecule has 0 saturated carbocycles. The van der Waals surface area contributed by atoms with Crippen molar-refractivity contribution in [2.75, 3.05) is 5.32 Å². The van der Waals surface area contributed by atoms with Gasteiger partial charge in [0.15, 0.2) is 5.52 Å². The van der Waals surface area contributed by atoms with E-state index in [0.717, 1.165) is 15.7 Å². The van der Waals surface area contributed by atoms with Gasteiger partial charge in [0.2, 0.25) is 5.91 Å². The lowest BCUT2D eigenvalue weighted by atomic mass is 10.1. The molecule has 7 heteroatoms. The molecule has 2 heterocycles. The SMILES string of the molecule is Cc1ccccc1NC(=O)Cn1c(=O)n(CCc2ccccc2)c(=O)c2ncccc21. The number of hydrogen-bond acceptors (Lipinski definition) is 4. The number of aromatic nitrogens is 3. The van der Waals surface area contributed by atoms with Crippen LogP contribution in [0.15, 0.2) is 82.5 Å². The van der Waals surface area contributed by atoms with Crippen LogP contribution >= 0.6 is 0 Å². The van der Waals surface area contributed by atoms with E-state index in [2.05, 4.69) is 10.3 Å². The molecule has 0 bridgehead atoms. The highest BCUT2D eigenvalue weighted by Crippen LogP contribution is 2.13.